The lowest BCUT2D eigenvalue weighted by molar-refractivity contribution is -0.116. The predicted molar refractivity (Wildman–Crippen MR) is 118 cm³/mol. The van der Waals surface area contributed by atoms with Gasteiger partial charge in [-0.1, -0.05) is 11.8 Å². The third kappa shape index (κ3) is 3.85. The Morgan fingerprint density at radius 3 is 2.63 bits per heavy atom. The van der Waals surface area contributed by atoms with E-state index in [4.69, 9.17) is 4.74 Å². The van der Waals surface area contributed by atoms with E-state index < -0.39 is 0 Å². The number of fused-ring (bicyclic) bond motifs is 1. The Labute approximate surface area is 179 Å². The number of nitrogens with zero attached hydrogens (tertiary/aromatic N) is 3. The van der Waals surface area contributed by atoms with Gasteiger partial charge in [0.15, 0.2) is 10.9 Å². The molecule has 1 amide bonds. The Morgan fingerprint density at radius 2 is 1.93 bits per heavy atom. The Hall–Kier alpha value is -3.06. The average molecular weight is 422 g/mol. The summed E-state index contributed by atoms with van der Waals surface area (Å²) >= 11 is 1.43. The Morgan fingerprint density at radius 1 is 1.17 bits per heavy atom. The number of aromatic nitrogens is 2. The van der Waals surface area contributed by atoms with Gasteiger partial charge in [0.05, 0.1) is 12.4 Å². The van der Waals surface area contributed by atoms with Crippen LogP contribution in [-0.2, 0) is 11.2 Å². The fraction of sp³-hybridized carbons (Fsp3) is 0.261. The van der Waals surface area contributed by atoms with Gasteiger partial charge in [-0.05, 0) is 61.4 Å². The first-order valence-corrected chi connectivity index (χ1v) is 10.7. The summed E-state index contributed by atoms with van der Waals surface area (Å²) < 4.78 is 7.18. The van der Waals surface area contributed by atoms with Gasteiger partial charge in [0.25, 0.3) is 0 Å². The van der Waals surface area contributed by atoms with Crippen LogP contribution >= 0.6 is 11.8 Å². The van der Waals surface area contributed by atoms with Crippen molar-refractivity contribution in [2.24, 2.45) is 0 Å². The molecule has 0 bridgehead atoms. The highest BCUT2D eigenvalue weighted by molar-refractivity contribution is 8.00. The van der Waals surface area contributed by atoms with Gasteiger partial charge in [0.2, 0.25) is 5.91 Å². The standard InChI is InChI=1S/C23H23N3O3S/c1-15(22(28)18-4-9-21-17(14-18)10-12-25(21)16(2)27)30-23-24-11-13-26(23)19-5-7-20(29-3)8-6-19/h4-9,11,13-15H,10,12H2,1-3H3. The maximum absolute atomic E-state index is 13.1. The van der Waals surface area contributed by atoms with Crippen LogP contribution in [0, 0.1) is 0 Å². The minimum atomic E-state index is -0.298. The number of hydrogen-bond donors (Lipinski definition) is 0. The molecule has 6 nitrogen and oxygen atoms in total. The normalized spacial score (nSPS) is 13.8. The van der Waals surface area contributed by atoms with E-state index in [1.165, 1.54) is 11.8 Å². The van der Waals surface area contributed by atoms with E-state index in [1.807, 2.05) is 60.2 Å². The number of amides is 1. The summed E-state index contributed by atoms with van der Waals surface area (Å²) in [7, 11) is 1.64. The monoisotopic (exact) mass is 421 g/mol. The second-order valence-electron chi connectivity index (χ2n) is 7.17. The first kappa shape index (κ1) is 20.2. The number of anilines is 1. The second-order valence-corrected chi connectivity index (χ2v) is 8.47. The molecule has 1 aromatic heterocycles. The number of hydrogen-bond acceptors (Lipinski definition) is 5. The minimum Gasteiger partial charge on any atom is -0.497 e. The third-order valence-corrected chi connectivity index (χ3v) is 6.33. The van der Waals surface area contributed by atoms with Crippen LogP contribution in [0.5, 0.6) is 5.75 Å². The molecule has 0 fully saturated rings. The molecule has 0 aliphatic carbocycles. The summed E-state index contributed by atoms with van der Waals surface area (Å²) in [6, 6.07) is 13.3. The zero-order chi connectivity index (χ0) is 21.3. The number of thioether (sulfide) groups is 1. The molecule has 0 saturated heterocycles. The molecule has 30 heavy (non-hydrogen) atoms. The molecule has 0 N–H and O–H groups in total. The van der Waals surface area contributed by atoms with Crippen LogP contribution in [0.1, 0.15) is 29.8 Å². The lowest BCUT2D eigenvalue weighted by atomic mass is 10.0. The number of methoxy groups -OCH3 is 1. The van der Waals surface area contributed by atoms with Crippen molar-refractivity contribution >= 4 is 29.1 Å². The lowest BCUT2D eigenvalue weighted by Crippen LogP contribution is -2.25. The maximum atomic E-state index is 13.1. The molecule has 1 unspecified atom stereocenters. The van der Waals surface area contributed by atoms with E-state index in [1.54, 1.807) is 25.1 Å². The molecule has 7 heteroatoms. The van der Waals surface area contributed by atoms with Gasteiger partial charge in [0.1, 0.15) is 5.75 Å². The highest BCUT2D eigenvalue weighted by atomic mass is 32.2. The summed E-state index contributed by atoms with van der Waals surface area (Å²) in [6.45, 7) is 4.14. The van der Waals surface area contributed by atoms with Crippen molar-refractivity contribution in [2.45, 2.75) is 30.7 Å². The number of ketones is 1. The van der Waals surface area contributed by atoms with Gasteiger partial charge in [-0.2, -0.15) is 0 Å². The van der Waals surface area contributed by atoms with Crippen molar-refractivity contribution in [3.05, 3.63) is 66.0 Å². The largest absolute Gasteiger partial charge is 0.497 e. The van der Waals surface area contributed by atoms with Crippen LogP contribution in [-0.4, -0.2) is 40.1 Å². The summed E-state index contributed by atoms with van der Waals surface area (Å²) in [5.74, 6) is 0.868. The van der Waals surface area contributed by atoms with Gasteiger partial charge >= 0.3 is 0 Å². The molecule has 0 radical (unpaired) electrons. The fourth-order valence-electron chi connectivity index (χ4n) is 3.64. The number of imidazole rings is 1. The van der Waals surface area contributed by atoms with Crippen molar-refractivity contribution in [2.75, 3.05) is 18.6 Å². The van der Waals surface area contributed by atoms with Crippen molar-refractivity contribution in [1.29, 1.82) is 0 Å². The molecule has 2 heterocycles. The van der Waals surface area contributed by atoms with Gasteiger partial charge in [-0.25, -0.2) is 4.98 Å². The molecule has 1 aliphatic rings. The minimum absolute atomic E-state index is 0.0297. The highest BCUT2D eigenvalue weighted by Crippen LogP contribution is 2.31. The van der Waals surface area contributed by atoms with Crippen molar-refractivity contribution in [3.63, 3.8) is 0 Å². The molecular formula is C23H23N3O3S. The predicted octanol–water partition coefficient (Wildman–Crippen LogP) is 4.15. The van der Waals surface area contributed by atoms with Crippen molar-refractivity contribution in [1.82, 2.24) is 9.55 Å². The van der Waals surface area contributed by atoms with E-state index in [-0.39, 0.29) is 16.9 Å². The molecule has 154 valence electrons. The highest BCUT2D eigenvalue weighted by Gasteiger charge is 2.25. The fourth-order valence-corrected chi connectivity index (χ4v) is 4.61. The molecule has 4 rings (SSSR count). The number of Topliss-reactive ketones (excluding diaryl/α,β-unsaturated/α-hetero) is 1. The first-order valence-electron chi connectivity index (χ1n) is 9.77. The number of carbonyl (C=O) groups is 2. The van der Waals surface area contributed by atoms with Gasteiger partial charge < -0.3 is 9.64 Å². The molecule has 1 aliphatic heterocycles. The van der Waals surface area contributed by atoms with Crippen LogP contribution in [0.2, 0.25) is 0 Å². The summed E-state index contributed by atoms with van der Waals surface area (Å²) in [4.78, 5) is 31.0. The van der Waals surface area contributed by atoms with E-state index in [0.717, 1.165) is 34.3 Å². The van der Waals surface area contributed by atoms with Crippen molar-refractivity contribution in [3.8, 4) is 11.4 Å². The summed E-state index contributed by atoms with van der Waals surface area (Å²) in [5, 5.41) is 0.456. The zero-order valence-corrected chi connectivity index (χ0v) is 18.0. The van der Waals surface area contributed by atoms with E-state index >= 15 is 0 Å². The average Bonchev–Trinajstić information content (AvgIpc) is 3.39. The SMILES string of the molecule is COc1ccc(-n2ccnc2SC(C)C(=O)c2ccc3c(c2)CCN3C(C)=O)cc1. The van der Waals surface area contributed by atoms with Gasteiger partial charge in [-0.15, -0.1) is 0 Å². The maximum Gasteiger partial charge on any atom is 0.223 e. The summed E-state index contributed by atoms with van der Waals surface area (Å²) in [6.07, 6.45) is 4.39. The van der Waals surface area contributed by atoms with Gasteiger partial charge in [-0.3, -0.25) is 14.2 Å². The molecule has 2 aromatic carbocycles. The Kier molecular flexibility index (Phi) is 5.63. The Bertz CT molecular complexity index is 1090. The van der Waals surface area contributed by atoms with Gasteiger partial charge in [0, 0.05) is 42.8 Å². The molecule has 0 spiro atoms. The lowest BCUT2D eigenvalue weighted by Gasteiger charge is -2.16. The smallest absolute Gasteiger partial charge is 0.223 e. The molecule has 1 atom stereocenters. The first-order chi connectivity index (χ1) is 14.5. The number of rotatable bonds is 6. The number of benzene rings is 2. The van der Waals surface area contributed by atoms with Crippen LogP contribution in [0.3, 0.4) is 0 Å². The van der Waals surface area contributed by atoms with Crippen LogP contribution < -0.4 is 9.64 Å². The van der Waals surface area contributed by atoms with Crippen LogP contribution in [0.25, 0.3) is 5.69 Å². The molecule has 3 aromatic rings. The Balaban J connectivity index is 1.51. The number of carbonyl (C=O) groups excluding carboxylic acids is 2. The van der Waals surface area contributed by atoms with E-state index in [2.05, 4.69) is 4.98 Å². The quantitative estimate of drug-likeness (QED) is 0.442. The van der Waals surface area contributed by atoms with Crippen LogP contribution in [0.4, 0.5) is 5.69 Å². The van der Waals surface area contributed by atoms with Crippen molar-refractivity contribution < 1.29 is 14.3 Å². The third-order valence-electron chi connectivity index (χ3n) is 5.25. The zero-order valence-electron chi connectivity index (χ0n) is 17.2. The number of ether oxygens (including phenoxy) is 1. The van der Waals surface area contributed by atoms with E-state index in [9.17, 15) is 9.59 Å². The van der Waals surface area contributed by atoms with E-state index in [0.29, 0.717) is 12.1 Å². The van der Waals surface area contributed by atoms with Crippen LogP contribution in [0.15, 0.2) is 60.0 Å². The summed E-state index contributed by atoms with van der Waals surface area (Å²) in [5.41, 5.74) is 3.58. The second kappa shape index (κ2) is 8.36. The molecular weight excluding hydrogens is 398 g/mol. The topological polar surface area (TPSA) is 64.4 Å². The molecule has 0 saturated carbocycles.